The molecular formula is C18H20N2O2S. The van der Waals surface area contributed by atoms with Crippen LogP contribution in [0.15, 0.2) is 47.3 Å². The average Bonchev–Trinajstić information content (AvgIpc) is 3.13. The van der Waals surface area contributed by atoms with E-state index in [0.29, 0.717) is 5.92 Å². The van der Waals surface area contributed by atoms with Gasteiger partial charge in [-0.1, -0.05) is 18.2 Å². The summed E-state index contributed by atoms with van der Waals surface area (Å²) >= 11 is 1.53. The van der Waals surface area contributed by atoms with Crippen molar-refractivity contribution in [2.24, 2.45) is 5.92 Å². The number of likely N-dealkylation sites (tertiary alicyclic amines) is 1. The maximum Gasteiger partial charge on any atom is 0.246 e. The standard InChI is InChI=1S/C18H20N2O2S/c21-18(7-6-16-13-23-14-19-16)20-10-8-15(9-11-20)12-22-17-4-2-1-3-5-17/h1-7,13-15H,8-12H2/b7-6+. The molecule has 0 atom stereocenters. The van der Waals surface area contributed by atoms with Crippen LogP contribution in [0.4, 0.5) is 0 Å². The fourth-order valence-electron chi connectivity index (χ4n) is 2.62. The predicted octanol–water partition coefficient (Wildman–Crippen LogP) is 3.47. The van der Waals surface area contributed by atoms with Gasteiger partial charge in [-0.3, -0.25) is 4.79 Å². The first-order valence-electron chi connectivity index (χ1n) is 7.84. The third-order valence-corrected chi connectivity index (χ3v) is 4.61. The molecule has 0 spiro atoms. The molecule has 1 aliphatic heterocycles. The van der Waals surface area contributed by atoms with Gasteiger partial charge >= 0.3 is 0 Å². The van der Waals surface area contributed by atoms with E-state index in [1.807, 2.05) is 40.6 Å². The van der Waals surface area contributed by atoms with Crippen LogP contribution in [0.5, 0.6) is 5.75 Å². The third kappa shape index (κ3) is 4.66. The highest BCUT2D eigenvalue weighted by Gasteiger charge is 2.22. The molecule has 2 aromatic rings. The molecule has 0 radical (unpaired) electrons. The van der Waals surface area contributed by atoms with Crippen LogP contribution in [0.1, 0.15) is 18.5 Å². The fourth-order valence-corrected chi connectivity index (χ4v) is 3.14. The topological polar surface area (TPSA) is 42.4 Å². The van der Waals surface area contributed by atoms with Gasteiger partial charge in [0.15, 0.2) is 0 Å². The van der Waals surface area contributed by atoms with Crippen molar-refractivity contribution in [1.82, 2.24) is 9.88 Å². The quantitative estimate of drug-likeness (QED) is 0.789. The molecule has 23 heavy (non-hydrogen) atoms. The SMILES string of the molecule is O=C(/C=C/c1cscn1)N1CCC(COc2ccccc2)CC1. The number of thiazole rings is 1. The number of carbonyl (C=O) groups is 1. The first-order valence-corrected chi connectivity index (χ1v) is 8.78. The summed E-state index contributed by atoms with van der Waals surface area (Å²) in [6.07, 6.45) is 5.38. The van der Waals surface area contributed by atoms with Crippen molar-refractivity contribution in [3.05, 3.63) is 53.0 Å². The van der Waals surface area contributed by atoms with Gasteiger partial charge in [0.25, 0.3) is 0 Å². The summed E-state index contributed by atoms with van der Waals surface area (Å²) in [4.78, 5) is 18.2. The molecule has 120 valence electrons. The number of hydrogen-bond acceptors (Lipinski definition) is 4. The van der Waals surface area contributed by atoms with Gasteiger partial charge < -0.3 is 9.64 Å². The Morgan fingerprint density at radius 2 is 2.09 bits per heavy atom. The zero-order valence-electron chi connectivity index (χ0n) is 12.9. The van der Waals surface area contributed by atoms with Crippen molar-refractivity contribution >= 4 is 23.3 Å². The largest absolute Gasteiger partial charge is 0.493 e. The number of para-hydroxylation sites is 1. The van der Waals surface area contributed by atoms with Crippen molar-refractivity contribution in [3.8, 4) is 5.75 Å². The summed E-state index contributed by atoms with van der Waals surface area (Å²) in [5, 5.41) is 1.93. The fraction of sp³-hybridized carbons (Fsp3) is 0.333. The summed E-state index contributed by atoms with van der Waals surface area (Å²) in [5.41, 5.74) is 2.61. The molecule has 0 bridgehead atoms. The minimum atomic E-state index is 0.0698. The lowest BCUT2D eigenvalue weighted by molar-refractivity contribution is -0.127. The van der Waals surface area contributed by atoms with Gasteiger partial charge in [0.2, 0.25) is 5.91 Å². The molecule has 4 nitrogen and oxygen atoms in total. The van der Waals surface area contributed by atoms with Gasteiger partial charge in [0.1, 0.15) is 5.75 Å². The zero-order chi connectivity index (χ0) is 15.9. The van der Waals surface area contributed by atoms with Gasteiger partial charge in [-0.15, -0.1) is 11.3 Å². The summed E-state index contributed by atoms with van der Waals surface area (Å²) in [7, 11) is 0. The molecule has 1 aromatic carbocycles. The van der Waals surface area contributed by atoms with Crippen LogP contribution in [0, 0.1) is 5.92 Å². The Hall–Kier alpha value is -2.14. The van der Waals surface area contributed by atoms with Crippen LogP contribution < -0.4 is 4.74 Å². The van der Waals surface area contributed by atoms with Crippen LogP contribution in [0.25, 0.3) is 6.08 Å². The molecule has 1 amide bonds. The number of ether oxygens (including phenoxy) is 1. The predicted molar refractivity (Wildman–Crippen MR) is 92.4 cm³/mol. The molecule has 0 N–H and O–H groups in total. The Balaban J connectivity index is 1.42. The molecule has 1 aromatic heterocycles. The van der Waals surface area contributed by atoms with E-state index in [0.717, 1.165) is 44.0 Å². The highest BCUT2D eigenvalue weighted by Crippen LogP contribution is 2.19. The number of rotatable bonds is 5. The van der Waals surface area contributed by atoms with Gasteiger partial charge in [-0.2, -0.15) is 0 Å². The van der Waals surface area contributed by atoms with E-state index < -0.39 is 0 Å². The van der Waals surface area contributed by atoms with Gasteiger partial charge in [0.05, 0.1) is 17.8 Å². The molecule has 1 saturated heterocycles. The van der Waals surface area contributed by atoms with Gasteiger partial charge in [0, 0.05) is 24.5 Å². The lowest BCUT2D eigenvalue weighted by Gasteiger charge is -2.31. The summed E-state index contributed by atoms with van der Waals surface area (Å²) in [6, 6.07) is 9.89. The Morgan fingerprint density at radius 3 is 2.78 bits per heavy atom. The second kappa shape index (κ2) is 7.92. The Kier molecular flexibility index (Phi) is 5.42. The van der Waals surface area contributed by atoms with E-state index in [1.54, 1.807) is 17.7 Å². The molecule has 0 saturated carbocycles. The minimum absolute atomic E-state index is 0.0698. The Bertz CT molecular complexity index is 632. The second-order valence-electron chi connectivity index (χ2n) is 5.64. The number of nitrogens with zero attached hydrogens (tertiary/aromatic N) is 2. The number of piperidine rings is 1. The molecule has 2 heterocycles. The van der Waals surface area contributed by atoms with Gasteiger partial charge in [-0.05, 0) is 37.0 Å². The van der Waals surface area contributed by atoms with Crippen molar-refractivity contribution < 1.29 is 9.53 Å². The highest BCUT2D eigenvalue weighted by atomic mass is 32.1. The minimum Gasteiger partial charge on any atom is -0.493 e. The molecule has 1 aliphatic rings. The van der Waals surface area contributed by atoms with E-state index in [2.05, 4.69) is 4.98 Å². The van der Waals surface area contributed by atoms with E-state index in [9.17, 15) is 4.79 Å². The number of benzene rings is 1. The van der Waals surface area contributed by atoms with Crippen LogP contribution in [0.2, 0.25) is 0 Å². The smallest absolute Gasteiger partial charge is 0.246 e. The van der Waals surface area contributed by atoms with Crippen LogP contribution in [0.3, 0.4) is 0 Å². The van der Waals surface area contributed by atoms with Crippen LogP contribution >= 0.6 is 11.3 Å². The third-order valence-electron chi connectivity index (χ3n) is 4.00. The van der Waals surface area contributed by atoms with Crippen LogP contribution in [-0.4, -0.2) is 35.5 Å². The summed E-state index contributed by atoms with van der Waals surface area (Å²) < 4.78 is 5.81. The number of amides is 1. The summed E-state index contributed by atoms with van der Waals surface area (Å²) in [5.74, 6) is 1.50. The zero-order valence-corrected chi connectivity index (χ0v) is 13.7. The number of aromatic nitrogens is 1. The second-order valence-corrected chi connectivity index (χ2v) is 6.36. The maximum atomic E-state index is 12.2. The molecule has 0 aliphatic carbocycles. The van der Waals surface area contributed by atoms with Crippen molar-refractivity contribution in [1.29, 1.82) is 0 Å². The van der Waals surface area contributed by atoms with Gasteiger partial charge in [-0.25, -0.2) is 4.98 Å². The lowest BCUT2D eigenvalue weighted by atomic mass is 9.98. The summed E-state index contributed by atoms with van der Waals surface area (Å²) in [6.45, 7) is 2.31. The first-order chi connectivity index (χ1) is 11.3. The maximum absolute atomic E-state index is 12.2. The van der Waals surface area contributed by atoms with E-state index in [1.165, 1.54) is 11.3 Å². The number of hydrogen-bond donors (Lipinski definition) is 0. The average molecular weight is 328 g/mol. The Morgan fingerprint density at radius 1 is 1.30 bits per heavy atom. The van der Waals surface area contributed by atoms with Crippen molar-refractivity contribution in [3.63, 3.8) is 0 Å². The van der Waals surface area contributed by atoms with Crippen molar-refractivity contribution in [2.45, 2.75) is 12.8 Å². The monoisotopic (exact) mass is 328 g/mol. The molecule has 1 fully saturated rings. The molecule has 5 heteroatoms. The van der Waals surface area contributed by atoms with E-state index in [4.69, 9.17) is 4.74 Å². The molecule has 3 rings (SSSR count). The Labute approximate surface area is 140 Å². The lowest BCUT2D eigenvalue weighted by Crippen LogP contribution is -2.38. The molecule has 0 unspecified atom stereocenters. The molecular weight excluding hydrogens is 308 g/mol. The van der Waals surface area contributed by atoms with E-state index in [-0.39, 0.29) is 5.91 Å². The van der Waals surface area contributed by atoms with E-state index >= 15 is 0 Å². The number of carbonyl (C=O) groups excluding carboxylic acids is 1. The normalized spacial score (nSPS) is 15.9. The van der Waals surface area contributed by atoms with Crippen LogP contribution in [-0.2, 0) is 4.79 Å². The van der Waals surface area contributed by atoms with Crippen molar-refractivity contribution in [2.75, 3.05) is 19.7 Å². The highest BCUT2D eigenvalue weighted by molar-refractivity contribution is 7.07. The first kappa shape index (κ1) is 15.7.